The van der Waals surface area contributed by atoms with Crippen LogP contribution in [0.5, 0.6) is 11.5 Å². The van der Waals surface area contributed by atoms with Crippen molar-refractivity contribution in [3.05, 3.63) is 132 Å². The largest absolute Gasteiger partial charge is 0.457 e. The van der Waals surface area contributed by atoms with Crippen LogP contribution in [0.4, 0.5) is 0 Å². The van der Waals surface area contributed by atoms with Crippen molar-refractivity contribution in [2.75, 3.05) is 13.1 Å². The van der Waals surface area contributed by atoms with Crippen molar-refractivity contribution in [3.8, 4) is 11.5 Å². The van der Waals surface area contributed by atoms with Crippen molar-refractivity contribution in [2.45, 2.75) is 95.2 Å². The Labute approximate surface area is 372 Å². The number of carbonyl (C=O) groups is 7. The SMILES string of the molecule is CCCC(NC(=O)C1CC(OCc2ccccc2)CN1C(=O)C(NC(=O)c1ccccc1Oc1ccccc1)C1CCCCC1)C(=O)C(=O)NCC(=O)NC(C(N)=O)c1ccccc1. The van der Waals surface area contributed by atoms with Gasteiger partial charge in [-0.25, -0.2) is 0 Å². The van der Waals surface area contributed by atoms with Crippen LogP contribution in [0.15, 0.2) is 115 Å². The molecule has 0 bridgehead atoms. The lowest BCUT2D eigenvalue weighted by Gasteiger charge is -2.35. The van der Waals surface area contributed by atoms with Gasteiger partial charge in [0.1, 0.15) is 29.6 Å². The van der Waals surface area contributed by atoms with Gasteiger partial charge < -0.3 is 41.4 Å². The Morgan fingerprint density at radius 3 is 2.08 bits per heavy atom. The number of benzene rings is 4. The smallest absolute Gasteiger partial charge is 0.290 e. The van der Waals surface area contributed by atoms with Crippen LogP contribution in [-0.2, 0) is 40.1 Å². The number of carbonyl (C=O) groups excluding carboxylic acids is 7. The van der Waals surface area contributed by atoms with Crippen LogP contribution in [0, 0.1) is 5.92 Å². The molecule has 1 saturated heterocycles. The summed E-state index contributed by atoms with van der Waals surface area (Å²) in [7, 11) is 0. The molecular weight excluding hydrogens is 817 g/mol. The molecule has 15 nitrogen and oxygen atoms in total. The molecule has 4 aromatic rings. The van der Waals surface area contributed by atoms with Crippen LogP contribution in [0.2, 0.25) is 0 Å². The number of ether oxygens (including phenoxy) is 2. The van der Waals surface area contributed by atoms with E-state index >= 15 is 0 Å². The molecule has 4 aromatic carbocycles. The second-order valence-electron chi connectivity index (χ2n) is 16.1. The lowest BCUT2D eigenvalue weighted by molar-refractivity contribution is -0.143. The summed E-state index contributed by atoms with van der Waals surface area (Å²) in [5.41, 5.74) is 7.09. The summed E-state index contributed by atoms with van der Waals surface area (Å²) in [5, 5.41) is 10.5. The fourth-order valence-electron chi connectivity index (χ4n) is 8.21. The molecule has 1 saturated carbocycles. The highest BCUT2D eigenvalue weighted by Crippen LogP contribution is 2.32. The molecule has 0 spiro atoms. The zero-order valence-corrected chi connectivity index (χ0v) is 35.9. The van der Waals surface area contributed by atoms with Gasteiger partial charge in [0.25, 0.3) is 11.8 Å². The van der Waals surface area contributed by atoms with E-state index in [0.29, 0.717) is 36.3 Å². The van der Waals surface area contributed by atoms with Gasteiger partial charge in [0, 0.05) is 13.0 Å². The van der Waals surface area contributed by atoms with Crippen LogP contribution >= 0.6 is 0 Å². The molecule has 15 heteroatoms. The molecule has 0 radical (unpaired) electrons. The maximum absolute atomic E-state index is 15.0. The number of Topliss-reactive ketones (excluding diaryl/α,β-unsaturated/α-hetero) is 1. The summed E-state index contributed by atoms with van der Waals surface area (Å²) in [6.45, 7) is 1.40. The first-order chi connectivity index (χ1) is 31.0. The van der Waals surface area contributed by atoms with Crippen LogP contribution in [0.1, 0.15) is 85.8 Å². The number of nitrogens with two attached hydrogens (primary N) is 1. The van der Waals surface area contributed by atoms with E-state index in [-0.39, 0.29) is 37.5 Å². The monoisotopic (exact) mass is 872 g/mol. The summed E-state index contributed by atoms with van der Waals surface area (Å²) in [6.07, 6.45) is 4.11. The third-order valence-electron chi connectivity index (χ3n) is 11.5. The number of nitrogens with zero attached hydrogens (tertiary/aromatic N) is 1. The molecule has 6 N–H and O–H groups in total. The Hall–Kier alpha value is -6.87. The molecule has 64 heavy (non-hydrogen) atoms. The molecule has 5 atom stereocenters. The van der Waals surface area contributed by atoms with Gasteiger partial charge in [-0.3, -0.25) is 33.6 Å². The fourth-order valence-corrected chi connectivity index (χ4v) is 8.21. The van der Waals surface area contributed by atoms with Gasteiger partial charge in [0.05, 0.1) is 30.9 Å². The first-order valence-electron chi connectivity index (χ1n) is 21.9. The third-order valence-corrected chi connectivity index (χ3v) is 11.5. The molecule has 336 valence electrons. The molecule has 0 aromatic heterocycles. The quantitative estimate of drug-likeness (QED) is 0.0781. The molecule has 6 amide bonds. The zero-order valence-electron chi connectivity index (χ0n) is 35.9. The van der Waals surface area contributed by atoms with E-state index in [1.165, 1.54) is 4.90 Å². The van der Waals surface area contributed by atoms with E-state index in [0.717, 1.165) is 24.8 Å². The van der Waals surface area contributed by atoms with Gasteiger partial charge in [-0.1, -0.05) is 124 Å². The van der Waals surface area contributed by atoms with Crippen molar-refractivity contribution in [3.63, 3.8) is 0 Å². The van der Waals surface area contributed by atoms with E-state index in [9.17, 15) is 33.6 Å². The van der Waals surface area contributed by atoms with Crippen LogP contribution < -0.4 is 31.7 Å². The Morgan fingerprint density at radius 1 is 0.766 bits per heavy atom. The maximum Gasteiger partial charge on any atom is 0.290 e. The van der Waals surface area contributed by atoms with Gasteiger partial charge >= 0.3 is 0 Å². The van der Waals surface area contributed by atoms with Crippen LogP contribution in [0.25, 0.3) is 0 Å². The van der Waals surface area contributed by atoms with Crippen molar-refractivity contribution in [1.29, 1.82) is 0 Å². The summed E-state index contributed by atoms with van der Waals surface area (Å²) < 4.78 is 12.4. The standard InChI is InChI=1S/C49H56N6O9/c1-2-17-38(44(57)48(61)51-29-41(56)53-42(45(50)58)33-20-9-4-10-21-33)52-47(60)39-28-36(63-31-32-18-7-3-8-19-32)30-55(39)49(62)43(34-22-11-5-12-23-34)54-46(59)37-26-15-16-27-40(37)64-35-24-13-6-14-25-35/h3-4,6-10,13-16,18-21,24-27,34,36,38-39,42-43H,2,5,11-12,17,22-23,28-31H2,1H3,(H2,50,58)(H,51,61)(H,52,60)(H,53,56)(H,54,59). The summed E-state index contributed by atoms with van der Waals surface area (Å²) >= 11 is 0. The molecule has 1 heterocycles. The van der Waals surface area contributed by atoms with E-state index in [4.69, 9.17) is 15.2 Å². The van der Waals surface area contributed by atoms with Gasteiger partial charge in [0.15, 0.2) is 0 Å². The number of ketones is 1. The highest BCUT2D eigenvalue weighted by molar-refractivity contribution is 6.38. The Balaban J connectivity index is 1.19. The van der Waals surface area contributed by atoms with E-state index in [1.54, 1.807) is 73.7 Å². The summed E-state index contributed by atoms with van der Waals surface area (Å²) in [6, 6.07) is 29.1. The van der Waals surface area contributed by atoms with Crippen molar-refractivity contribution in [1.82, 2.24) is 26.2 Å². The van der Waals surface area contributed by atoms with Crippen molar-refractivity contribution in [2.24, 2.45) is 11.7 Å². The highest BCUT2D eigenvalue weighted by Gasteiger charge is 2.45. The highest BCUT2D eigenvalue weighted by atomic mass is 16.5. The zero-order chi connectivity index (χ0) is 45.4. The molecule has 5 unspecified atom stereocenters. The first-order valence-corrected chi connectivity index (χ1v) is 21.9. The number of hydrogen-bond acceptors (Lipinski definition) is 9. The number of amides is 6. The fraction of sp³-hybridized carbons (Fsp3) is 0.367. The number of hydrogen-bond donors (Lipinski definition) is 5. The Morgan fingerprint density at radius 2 is 1.41 bits per heavy atom. The summed E-state index contributed by atoms with van der Waals surface area (Å²) in [4.78, 5) is 96.7. The number of likely N-dealkylation sites (tertiary alicyclic amines) is 1. The predicted molar refractivity (Wildman–Crippen MR) is 237 cm³/mol. The summed E-state index contributed by atoms with van der Waals surface area (Å²) in [5.74, 6) is -4.70. The molecule has 2 fully saturated rings. The minimum Gasteiger partial charge on any atom is -0.457 e. The number of rotatable bonds is 20. The van der Waals surface area contributed by atoms with E-state index in [2.05, 4.69) is 21.3 Å². The number of para-hydroxylation sites is 2. The van der Waals surface area contributed by atoms with E-state index in [1.807, 2.05) is 48.5 Å². The minimum absolute atomic E-state index is 0.0355. The number of primary amides is 1. The average Bonchev–Trinajstić information content (AvgIpc) is 3.76. The minimum atomic E-state index is -1.29. The number of nitrogens with one attached hydrogen (secondary N) is 4. The molecular formula is C49H56N6O9. The average molecular weight is 873 g/mol. The Bertz CT molecular complexity index is 2240. The normalized spacial score (nSPS) is 17.5. The predicted octanol–water partition coefficient (Wildman–Crippen LogP) is 4.66. The van der Waals surface area contributed by atoms with Crippen LogP contribution in [-0.4, -0.2) is 83.4 Å². The molecule has 6 rings (SSSR count). The third kappa shape index (κ3) is 12.6. The topological polar surface area (TPSA) is 215 Å². The van der Waals surface area contributed by atoms with E-state index < -0.39 is 78.0 Å². The van der Waals surface area contributed by atoms with Crippen molar-refractivity contribution < 1.29 is 43.0 Å². The van der Waals surface area contributed by atoms with Gasteiger partial charge in [-0.15, -0.1) is 0 Å². The molecule has 2 aliphatic rings. The van der Waals surface area contributed by atoms with Crippen molar-refractivity contribution >= 4 is 41.2 Å². The van der Waals surface area contributed by atoms with Gasteiger partial charge in [-0.05, 0) is 60.6 Å². The molecule has 1 aliphatic heterocycles. The van der Waals surface area contributed by atoms with Crippen LogP contribution in [0.3, 0.4) is 0 Å². The Kier molecular flexibility index (Phi) is 16.8. The van der Waals surface area contributed by atoms with Gasteiger partial charge in [-0.2, -0.15) is 0 Å². The lowest BCUT2D eigenvalue weighted by atomic mass is 9.83. The second kappa shape index (κ2) is 23.0. The first kappa shape index (κ1) is 46.6. The molecule has 1 aliphatic carbocycles. The lowest BCUT2D eigenvalue weighted by Crippen LogP contribution is -2.58. The second-order valence-corrected chi connectivity index (χ2v) is 16.1. The van der Waals surface area contributed by atoms with Gasteiger partial charge in [0.2, 0.25) is 29.4 Å². The maximum atomic E-state index is 15.0.